The van der Waals surface area contributed by atoms with Crippen molar-refractivity contribution in [2.24, 2.45) is 25.9 Å². The molecule has 7 heterocycles. The van der Waals surface area contributed by atoms with Crippen molar-refractivity contribution < 1.29 is 27.9 Å². The molecule has 19 heteroatoms. The lowest BCUT2D eigenvalue weighted by molar-refractivity contribution is -0.134. The average molecular weight is 884 g/mol. The molecule has 1 unspecified atom stereocenters. The van der Waals surface area contributed by atoms with Crippen molar-refractivity contribution >= 4 is 74.3 Å². The number of aromatic nitrogens is 5. The van der Waals surface area contributed by atoms with E-state index in [1.807, 2.05) is 23.1 Å². The molecule has 10 rings (SSSR count). The molecule has 5 aliphatic rings. The molecule has 4 fully saturated rings. The van der Waals surface area contributed by atoms with Gasteiger partial charge in [0.25, 0.3) is 11.5 Å². The number of nitrogens with one attached hydrogen (secondary N) is 3. The molecule has 3 saturated heterocycles. The van der Waals surface area contributed by atoms with Crippen LogP contribution in [-0.2, 0) is 23.7 Å². The first-order valence-electron chi connectivity index (χ1n) is 21.6. The van der Waals surface area contributed by atoms with Gasteiger partial charge in [0.05, 0.1) is 40.6 Å². The van der Waals surface area contributed by atoms with Crippen molar-refractivity contribution in [3.05, 3.63) is 69.2 Å². The van der Waals surface area contributed by atoms with Crippen molar-refractivity contribution in [1.29, 1.82) is 0 Å². The molecule has 5 aromatic rings. The predicted molar refractivity (Wildman–Crippen MR) is 233 cm³/mol. The number of imide groups is 1. The number of aryl methyl sites for hydroxylation is 2. The monoisotopic (exact) mass is 883 g/mol. The van der Waals surface area contributed by atoms with Gasteiger partial charge < -0.3 is 29.7 Å². The highest BCUT2D eigenvalue weighted by Crippen LogP contribution is 2.46. The van der Waals surface area contributed by atoms with Crippen LogP contribution in [0.5, 0.6) is 5.75 Å². The van der Waals surface area contributed by atoms with Crippen LogP contribution in [0.3, 0.4) is 0 Å². The standard InChI is InChI=1S/C44H48ClF2N11O5/c1-54-32-9-6-27(20-30(32)36-37(42(54)62)63-23-44(46,47)38(51-36)25-3-4-25)49-39-31(45)21-48-43(52-39)58-17-15-56(16-18-58)22-24-11-13-57(14-12-24)41(61)26-5-7-28-33(19-26)55(2)53-35(28)29-8-10-34(59)50-40(29)60/h5-7,9,19-21,24-25,29,38,51H,3-4,8,10-18,22-23H2,1-2H3,(H,48,49,52)(H,50,59,60)/t29?,38-/m0/s1. The van der Waals surface area contributed by atoms with E-state index in [-0.39, 0.29) is 41.5 Å². The Hall–Kier alpha value is -5.88. The zero-order valence-electron chi connectivity index (χ0n) is 35.0. The Balaban J connectivity index is 0.752. The van der Waals surface area contributed by atoms with Gasteiger partial charge in [-0.05, 0) is 74.3 Å². The number of anilines is 4. The second kappa shape index (κ2) is 16.0. The molecular weight excluding hydrogens is 836 g/mol. The van der Waals surface area contributed by atoms with Gasteiger partial charge in [0, 0.05) is 88.4 Å². The molecule has 1 saturated carbocycles. The highest BCUT2D eigenvalue weighted by molar-refractivity contribution is 6.33. The van der Waals surface area contributed by atoms with E-state index in [9.17, 15) is 19.2 Å². The first kappa shape index (κ1) is 41.1. The van der Waals surface area contributed by atoms with E-state index in [1.54, 1.807) is 43.2 Å². The topological polar surface area (TPSA) is 172 Å². The summed E-state index contributed by atoms with van der Waals surface area (Å²) in [6.07, 6.45) is 5.44. The van der Waals surface area contributed by atoms with Gasteiger partial charge in [0.15, 0.2) is 12.4 Å². The Morgan fingerprint density at radius 1 is 0.952 bits per heavy atom. The maximum absolute atomic E-state index is 15.2. The van der Waals surface area contributed by atoms with Crippen molar-refractivity contribution in [2.75, 3.05) is 68.0 Å². The third-order valence-corrected chi connectivity index (χ3v) is 13.7. The second-order valence-corrected chi connectivity index (χ2v) is 18.0. The van der Waals surface area contributed by atoms with Crippen LogP contribution in [0.1, 0.15) is 60.5 Å². The summed E-state index contributed by atoms with van der Waals surface area (Å²) in [6, 6.07) is 9.73. The molecule has 0 bridgehead atoms. The lowest BCUT2D eigenvalue weighted by Crippen LogP contribution is -2.49. The van der Waals surface area contributed by atoms with Gasteiger partial charge in [-0.15, -0.1) is 0 Å². The summed E-state index contributed by atoms with van der Waals surface area (Å²) in [5.74, 6) is -3.20. The van der Waals surface area contributed by atoms with Crippen LogP contribution in [0.15, 0.2) is 47.4 Å². The van der Waals surface area contributed by atoms with Crippen LogP contribution >= 0.6 is 11.6 Å². The number of amides is 3. The van der Waals surface area contributed by atoms with Gasteiger partial charge in [-0.1, -0.05) is 17.7 Å². The highest BCUT2D eigenvalue weighted by atomic mass is 35.5. The van der Waals surface area contributed by atoms with E-state index in [4.69, 9.17) is 21.3 Å². The number of carbonyl (C=O) groups excluding carboxylic acids is 3. The fraction of sp³-hybridized carbons (Fsp3) is 0.477. The first-order chi connectivity index (χ1) is 30.3. The van der Waals surface area contributed by atoms with Crippen LogP contribution in [0, 0.1) is 11.8 Å². The minimum Gasteiger partial charge on any atom is -0.480 e. The van der Waals surface area contributed by atoms with E-state index in [0.717, 1.165) is 56.5 Å². The Kier molecular flexibility index (Phi) is 10.5. The zero-order valence-corrected chi connectivity index (χ0v) is 35.8. The Morgan fingerprint density at radius 3 is 2.48 bits per heavy atom. The summed E-state index contributed by atoms with van der Waals surface area (Å²) in [7, 11) is 3.40. The predicted octanol–water partition coefficient (Wildman–Crippen LogP) is 5.03. The molecule has 330 valence electrons. The second-order valence-electron chi connectivity index (χ2n) is 17.6. The van der Waals surface area contributed by atoms with E-state index < -0.39 is 30.0 Å². The number of nitrogens with zero attached hydrogens (tertiary/aromatic N) is 8. The number of fused-ring (bicyclic) bond motifs is 4. The molecule has 1 aliphatic carbocycles. The molecule has 2 aromatic carbocycles. The van der Waals surface area contributed by atoms with E-state index >= 15 is 8.78 Å². The summed E-state index contributed by atoms with van der Waals surface area (Å²) in [4.78, 5) is 67.0. The van der Waals surface area contributed by atoms with Gasteiger partial charge in [0.1, 0.15) is 5.02 Å². The van der Waals surface area contributed by atoms with Crippen molar-refractivity contribution in [3.8, 4) is 5.75 Å². The number of hydrogen-bond donors (Lipinski definition) is 3. The number of benzene rings is 2. The largest absolute Gasteiger partial charge is 0.480 e. The van der Waals surface area contributed by atoms with Crippen LogP contribution in [0.25, 0.3) is 21.8 Å². The number of carbonyl (C=O) groups is 3. The molecule has 63 heavy (non-hydrogen) atoms. The minimum absolute atomic E-state index is 0.0209. The molecule has 16 nitrogen and oxygen atoms in total. The van der Waals surface area contributed by atoms with E-state index in [1.165, 1.54) is 4.57 Å². The van der Waals surface area contributed by atoms with E-state index in [2.05, 4.69) is 35.8 Å². The Labute approximate surface area is 365 Å². The summed E-state index contributed by atoms with van der Waals surface area (Å²) in [6.45, 7) is 4.49. The number of ether oxygens (including phenoxy) is 1. The first-order valence-corrected chi connectivity index (χ1v) is 22.0. The summed E-state index contributed by atoms with van der Waals surface area (Å²) < 4.78 is 38.9. The highest BCUT2D eigenvalue weighted by Gasteiger charge is 2.51. The quantitative estimate of drug-likeness (QED) is 0.178. The Morgan fingerprint density at radius 2 is 1.73 bits per heavy atom. The molecular formula is C44H48ClF2N11O5. The molecule has 2 atom stereocenters. The normalized spacial score (nSPS) is 22.0. The number of piperazine rings is 1. The van der Waals surface area contributed by atoms with Gasteiger partial charge in [-0.3, -0.25) is 34.1 Å². The van der Waals surface area contributed by atoms with Crippen molar-refractivity contribution in [3.63, 3.8) is 0 Å². The van der Waals surface area contributed by atoms with Crippen molar-refractivity contribution in [2.45, 2.75) is 56.4 Å². The summed E-state index contributed by atoms with van der Waals surface area (Å²) in [5.41, 5.74) is 2.92. The van der Waals surface area contributed by atoms with Crippen LogP contribution in [0.4, 0.5) is 31.9 Å². The lowest BCUT2D eigenvalue weighted by Gasteiger charge is -2.39. The number of piperidine rings is 2. The van der Waals surface area contributed by atoms with Gasteiger partial charge in [-0.2, -0.15) is 10.1 Å². The molecule has 4 aliphatic heterocycles. The number of alkyl halides is 2. The number of likely N-dealkylation sites (tertiary alicyclic amines) is 1. The maximum atomic E-state index is 15.2. The molecule has 0 radical (unpaired) electrons. The Bertz CT molecular complexity index is 2720. The van der Waals surface area contributed by atoms with Gasteiger partial charge in [-0.25, -0.2) is 13.8 Å². The average Bonchev–Trinajstić information content (AvgIpc) is 4.08. The number of halogens is 3. The maximum Gasteiger partial charge on any atom is 0.301 e. The van der Waals surface area contributed by atoms with Gasteiger partial charge >= 0.3 is 5.92 Å². The third-order valence-electron chi connectivity index (χ3n) is 13.4. The molecule has 3 aromatic heterocycles. The van der Waals surface area contributed by atoms with Crippen LogP contribution < -0.4 is 31.1 Å². The number of rotatable bonds is 8. The van der Waals surface area contributed by atoms with E-state index in [0.29, 0.717) is 82.9 Å². The fourth-order valence-corrected chi connectivity index (χ4v) is 9.79. The van der Waals surface area contributed by atoms with Crippen molar-refractivity contribution in [1.82, 2.24) is 39.4 Å². The SMILES string of the molecule is Cn1nc(C2CCC(=O)NC2=O)c2ccc(C(=O)N3CCC(CN4CCN(c5ncc(Cl)c(Nc6ccc7c(c6)c6c(c(=O)n7C)OCC(F)(F)[C@H](C7CC7)N6)n5)CC4)CC3)cc21. The molecule has 3 amide bonds. The molecule has 3 N–H and O–H groups in total. The van der Waals surface area contributed by atoms with Crippen LogP contribution in [0.2, 0.25) is 5.02 Å². The zero-order chi connectivity index (χ0) is 43.7. The smallest absolute Gasteiger partial charge is 0.301 e. The van der Waals surface area contributed by atoms with Gasteiger partial charge in [0.2, 0.25) is 23.5 Å². The number of hydrogen-bond acceptors (Lipinski definition) is 12. The van der Waals surface area contributed by atoms with Crippen LogP contribution in [-0.4, -0.2) is 116 Å². The number of pyridine rings is 1. The fourth-order valence-electron chi connectivity index (χ4n) is 9.65. The summed E-state index contributed by atoms with van der Waals surface area (Å²) in [5, 5.41) is 15.0. The molecule has 0 spiro atoms. The third kappa shape index (κ3) is 7.81. The summed E-state index contributed by atoms with van der Waals surface area (Å²) >= 11 is 6.62. The lowest BCUT2D eigenvalue weighted by atomic mass is 9.92. The minimum atomic E-state index is -3.14.